The van der Waals surface area contributed by atoms with E-state index in [0.29, 0.717) is 11.2 Å². The highest BCUT2D eigenvalue weighted by Crippen LogP contribution is 2.21. The van der Waals surface area contributed by atoms with Crippen LogP contribution in [0.15, 0.2) is 35.8 Å². The predicted molar refractivity (Wildman–Crippen MR) is 97.5 cm³/mol. The van der Waals surface area contributed by atoms with Gasteiger partial charge in [-0.25, -0.2) is 4.98 Å². The number of amides is 1. The zero-order valence-corrected chi connectivity index (χ0v) is 15.2. The Hall–Kier alpha value is -2.69. The number of aromatic nitrogens is 2. The van der Waals surface area contributed by atoms with Gasteiger partial charge in [0, 0.05) is 17.6 Å². The van der Waals surface area contributed by atoms with Crippen LogP contribution >= 0.6 is 11.3 Å². The van der Waals surface area contributed by atoms with Gasteiger partial charge in [-0.3, -0.25) is 4.79 Å². The van der Waals surface area contributed by atoms with Crippen molar-refractivity contribution in [3.8, 4) is 6.07 Å². The van der Waals surface area contributed by atoms with Crippen LogP contribution in [0.25, 0.3) is 5.65 Å². The number of nitrogens with zero attached hydrogens (tertiary/aromatic N) is 4. The lowest BCUT2D eigenvalue weighted by atomic mass is 10.2. The van der Waals surface area contributed by atoms with Gasteiger partial charge in [0.05, 0.1) is 23.0 Å². The van der Waals surface area contributed by atoms with Crippen LogP contribution in [0.2, 0.25) is 0 Å². The first-order valence-corrected chi connectivity index (χ1v) is 8.74. The van der Waals surface area contributed by atoms with Gasteiger partial charge < -0.3 is 14.6 Å². The van der Waals surface area contributed by atoms with Crippen molar-refractivity contribution in [2.45, 2.75) is 19.5 Å². The summed E-state index contributed by atoms with van der Waals surface area (Å²) >= 11 is 1.45. The normalized spacial score (nSPS) is 12.3. The molecule has 7 heteroatoms. The van der Waals surface area contributed by atoms with Gasteiger partial charge in [-0.05, 0) is 44.6 Å². The Morgan fingerprint density at radius 1 is 1.44 bits per heavy atom. The van der Waals surface area contributed by atoms with Gasteiger partial charge in [0.25, 0.3) is 5.91 Å². The molecule has 128 valence electrons. The van der Waals surface area contributed by atoms with Crippen molar-refractivity contribution in [3.05, 3.63) is 57.7 Å². The molecule has 0 aliphatic heterocycles. The summed E-state index contributed by atoms with van der Waals surface area (Å²) in [7, 11) is 3.99. The van der Waals surface area contributed by atoms with Crippen LogP contribution in [0.1, 0.15) is 32.7 Å². The summed E-state index contributed by atoms with van der Waals surface area (Å²) in [4.78, 5) is 20.2. The number of rotatable bonds is 5. The van der Waals surface area contributed by atoms with Crippen LogP contribution in [0, 0.1) is 18.3 Å². The lowest BCUT2D eigenvalue weighted by Gasteiger charge is -2.12. The van der Waals surface area contributed by atoms with E-state index in [1.54, 1.807) is 6.07 Å². The molecule has 0 radical (unpaired) electrons. The monoisotopic (exact) mass is 353 g/mol. The summed E-state index contributed by atoms with van der Waals surface area (Å²) in [5.41, 5.74) is 3.01. The summed E-state index contributed by atoms with van der Waals surface area (Å²) in [6.07, 6.45) is 1.91. The summed E-state index contributed by atoms with van der Waals surface area (Å²) < 4.78 is 1.94. The van der Waals surface area contributed by atoms with E-state index in [2.05, 4.69) is 21.3 Å². The third kappa shape index (κ3) is 3.40. The summed E-state index contributed by atoms with van der Waals surface area (Å²) in [6.45, 7) is 2.67. The first-order chi connectivity index (χ1) is 12.0. The van der Waals surface area contributed by atoms with Crippen LogP contribution in [0.5, 0.6) is 0 Å². The SMILES string of the molecule is Cc1nc2c(C(=O)NC(C#N)c3cccs3)cccn2c1CN(C)C. The zero-order chi connectivity index (χ0) is 18.0. The van der Waals surface area contributed by atoms with Crippen molar-refractivity contribution in [1.29, 1.82) is 5.26 Å². The number of nitrogens with one attached hydrogen (secondary N) is 1. The maximum atomic E-state index is 12.7. The molecule has 25 heavy (non-hydrogen) atoms. The number of thiophene rings is 1. The minimum atomic E-state index is -0.662. The second-order valence-corrected chi connectivity index (χ2v) is 7.03. The maximum Gasteiger partial charge on any atom is 0.256 e. The van der Waals surface area contributed by atoms with Gasteiger partial charge in [0.2, 0.25) is 0 Å². The number of imidazole rings is 1. The number of hydrogen-bond donors (Lipinski definition) is 1. The number of aryl methyl sites for hydroxylation is 1. The molecule has 0 aromatic carbocycles. The largest absolute Gasteiger partial charge is 0.332 e. The minimum Gasteiger partial charge on any atom is -0.332 e. The lowest BCUT2D eigenvalue weighted by molar-refractivity contribution is 0.0947. The highest BCUT2D eigenvalue weighted by Gasteiger charge is 2.20. The van der Waals surface area contributed by atoms with E-state index in [-0.39, 0.29) is 5.91 Å². The molecule has 0 saturated heterocycles. The Labute approximate surface area is 150 Å². The van der Waals surface area contributed by atoms with Crippen molar-refractivity contribution in [1.82, 2.24) is 19.6 Å². The van der Waals surface area contributed by atoms with E-state index in [4.69, 9.17) is 0 Å². The van der Waals surface area contributed by atoms with Crippen LogP contribution < -0.4 is 5.32 Å². The topological polar surface area (TPSA) is 73.4 Å². The van der Waals surface area contributed by atoms with E-state index in [9.17, 15) is 10.1 Å². The second kappa shape index (κ2) is 7.05. The number of carbonyl (C=O) groups is 1. The van der Waals surface area contributed by atoms with Crippen LogP contribution in [0.4, 0.5) is 0 Å². The first-order valence-electron chi connectivity index (χ1n) is 7.86. The molecule has 1 unspecified atom stereocenters. The number of nitriles is 1. The van der Waals surface area contributed by atoms with Gasteiger partial charge in [-0.2, -0.15) is 5.26 Å². The Kier molecular flexibility index (Phi) is 4.83. The highest BCUT2D eigenvalue weighted by molar-refractivity contribution is 7.10. The van der Waals surface area contributed by atoms with E-state index in [0.717, 1.165) is 22.8 Å². The van der Waals surface area contributed by atoms with Gasteiger partial charge in [-0.1, -0.05) is 6.07 Å². The molecule has 1 atom stereocenters. The molecular weight excluding hydrogens is 334 g/mol. The maximum absolute atomic E-state index is 12.7. The Balaban J connectivity index is 1.96. The molecular formula is C18H19N5OS. The summed E-state index contributed by atoms with van der Waals surface area (Å²) in [5, 5.41) is 14.1. The average Bonchev–Trinajstić information content (AvgIpc) is 3.21. The number of pyridine rings is 1. The lowest BCUT2D eigenvalue weighted by Crippen LogP contribution is -2.27. The van der Waals surface area contributed by atoms with Crippen molar-refractivity contribution in [2.75, 3.05) is 14.1 Å². The van der Waals surface area contributed by atoms with E-state index in [1.165, 1.54) is 11.3 Å². The molecule has 3 rings (SSSR count). The molecule has 0 spiro atoms. The van der Waals surface area contributed by atoms with Gasteiger partial charge in [0.15, 0.2) is 6.04 Å². The van der Waals surface area contributed by atoms with Crippen LogP contribution in [0.3, 0.4) is 0 Å². The highest BCUT2D eigenvalue weighted by atomic mass is 32.1. The minimum absolute atomic E-state index is 0.299. The average molecular weight is 353 g/mol. The Morgan fingerprint density at radius 3 is 2.88 bits per heavy atom. The molecule has 3 aromatic rings. The molecule has 1 N–H and O–H groups in total. The van der Waals surface area contributed by atoms with Crippen LogP contribution in [-0.4, -0.2) is 34.3 Å². The Morgan fingerprint density at radius 2 is 2.24 bits per heavy atom. The fourth-order valence-corrected chi connectivity index (χ4v) is 3.45. The first kappa shape index (κ1) is 17.1. The zero-order valence-electron chi connectivity index (χ0n) is 14.4. The summed E-state index contributed by atoms with van der Waals surface area (Å²) in [6, 6.07) is 8.75. The number of fused-ring (bicyclic) bond motifs is 1. The summed E-state index contributed by atoms with van der Waals surface area (Å²) in [5.74, 6) is -0.299. The standard InChI is InChI=1S/C18H19N5OS/c1-12-15(11-22(2)3)23-8-4-6-13(17(23)20-12)18(24)21-14(10-19)16-7-5-9-25-16/h4-9,14H,11H2,1-3H3,(H,21,24). The van der Waals surface area contributed by atoms with Crippen molar-refractivity contribution < 1.29 is 4.79 Å². The van der Waals surface area contributed by atoms with Crippen LogP contribution in [-0.2, 0) is 6.54 Å². The van der Waals surface area contributed by atoms with Crippen molar-refractivity contribution in [2.24, 2.45) is 0 Å². The molecule has 0 bridgehead atoms. The van der Waals surface area contributed by atoms with Gasteiger partial charge in [-0.15, -0.1) is 11.3 Å². The smallest absolute Gasteiger partial charge is 0.256 e. The quantitative estimate of drug-likeness (QED) is 0.765. The predicted octanol–water partition coefficient (Wildman–Crippen LogP) is 2.76. The number of carbonyl (C=O) groups excluding carboxylic acids is 1. The van der Waals surface area contributed by atoms with Gasteiger partial charge >= 0.3 is 0 Å². The molecule has 3 aromatic heterocycles. The van der Waals surface area contributed by atoms with Crippen molar-refractivity contribution in [3.63, 3.8) is 0 Å². The fourth-order valence-electron chi connectivity index (χ4n) is 2.73. The molecule has 0 saturated carbocycles. The Bertz CT molecular complexity index is 936. The molecule has 0 aliphatic rings. The third-order valence-electron chi connectivity index (χ3n) is 3.89. The molecule has 0 fully saturated rings. The van der Waals surface area contributed by atoms with E-state index < -0.39 is 6.04 Å². The van der Waals surface area contributed by atoms with E-state index in [1.807, 2.05) is 55.2 Å². The van der Waals surface area contributed by atoms with Gasteiger partial charge in [0.1, 0.15) is 5.65 Å². The molecule has 0 aliphatic carbocycles. The molecule has 3 heterocycles. The third-order valence-corrected chi connectivity index (χ3v) is 4.83. The molecule has 6 nitrogen and oxygen atoms in total. The molecule has 1 amide bonds. The van der Waals surface area contributed by atoms with E-state index >= 15 is 0 Å². The fraction of sp³-hybridized carbons (Fsp3) is 0.278. The number of hydrogen-bond acceptors (Lipinski definition) is 5. The van der Waals surface area contributed by atoms with Crippen molar-refractivity contribution >= 4 is 22.9 Å². The second-order valence-electron chi connectivity index (χ2n) is 6.05.